The lowest BCUT2D eigenvalue weighted by molar-refractivity contribution is 0.0522. The second-order valence-corrected chi connectivity index (χ2v) is 6.65. The van der Waals surface area contributed by atoms with E-state index in [0.717, 1.165) is 16.7 Å². The average molecular weight is 432 g/mol. The lowest BCUT2D eigenvalue weighted by Crippen LogP contribution is -2.07. The van der Waals surface area contributed by atoms with Crippen LogP contribution in [0.5, 0.6) is 11.5 Å². The molecule has 0 aliphatic carbocycles. The van der Waals surface area contributed by atoms with Gasteiger partial charge in [-0.25, -0.2) is 9.78 Å². The number of aromatic nitrogens is 2. The zero-order valence-electron chi connectivity index (χ0n) is 17.9. The van der Waals surface area contributed by atoms with Crippen molar-refractivity contribution in [3.63, 3.8) is 0 Å². The molecule has 0 aliphatic heterocycles. The molecule has 0 radical (unpaired) electrons. The first-order valence-electron chi connectivity index (χ1n) is 9.93. The van der Waals surface area contributed by atoms with Crippen molar-refractivity contribution < 1.29 is 19.0 Å². The van der Waals surface area contributed by atoms with Gasteiger partial charge in [-0.1, -0.05) is 24.0 Å². The van der Waals surface area contributed by atoms with E-state index in [9.17, 15) is 4.79 Å². The summed E-state index contributed by atoms with van der Waals surface area (Å²) in [5, 5.41) is 0. The van der Waals surface area contributed by atoms with Crippen LogP contribution >= 0.6 is 0 Å². The highest BCUT2D eigenvalue weighted by Gasteiger charge is 2.12. The molecule has 0 bridgehead atoms. The van der Waals surface area contributed by atoms with Crippen LogP contribution in [0.3, 0.4) is 0 Å². The smallest absolute Gasteiger partial charge is 0.341 e. The predicted molar refractivity (Wildman–Crippen MR) is 121 cm³/mol. The minimum absolute atomic E-state index is 0.108. The van der Waals surface area contributed by atoms with Crippen LogP contribution in [0.15, 0.2) is 48.7 Å². The van der Waals surface area contributed by atoms with Crippen molar-refractivity contribution >= 4 is 17.7 Å². The van der Waals surface area contributed by atoms with Crippen molar-refractivity contribution in [3.8, 4) is 23.3 Å². The summed E-state index contributed by atoms with van der Waals surface area (Å²) in [6, 6.07) is 12.5. The van der Waals surface area contributed by atoms with E-state index in [1.54, 1.807) is 44.5 Å². The summed E-state index contributed by atoms with van der Waals surface area (Å²) in [6.07, 6.45) is 2.07. The quantitative estimate of drug-likeness (QED) is 0.432. The maximum atomic E-state index is 12.0. The van der Waals surface area contributed by atoms with Gasteiger partial charge in [-0.3, -0.25) is 0 Å². The summed E-state index contributed by atoms with van der Waals surface area (Å²) in [5.41, 5.74) is 14.3. The highest BCUT2D eigenvalue weighted by molar-refractivity contribution is 5.92. The summed E-state index contributed by atoms with van der Waals surface area (Å²) in [6.45, 7) is 2.15. The molecule has 4 N–H and O–H groups in total. The zero-order chi connectivity index (χ0) is 22.9. The lowest BCUT2D eigenvalue weighted by atomic mass is 10.0. The Morgan fingerprint density at radius 1 is 1.09 bits per heavy atom. The first kappa shape index (κ1) is 22.4. The minimum atomic E-state index is -0.429. The highest BCUT2D eigenvalue weighted by Crippen LogP contribution is 2.24. The summed E-state index contributed by atoms with van der Waals surface area (Å²) >= 11 is 0. The third-order valence-electron chi connectivity index (χ3n) is 4.49. The van der Waals surface area contributed by atoms with Gasteiger partial charge in [0.05, 0.1) is 13.7 Å². The average Bonchev–Trinajstić information content (AvgIpc) is 2.79. The molecule has 8 nitrogen and oxygen atoms in total. The Morgan fingerprint density at radius 3 is 2.66 bits per heavy atom. The number of benzene rings is 2. The maximum absolute atomic E-state index is 12.0. The SMILES string of the molecule is CCOC(=O)c1ccccc1OCC#Cc1ccc(OC)c(Cc2cnc(N)nc2N)c1. The maximum Gasteiger partial charge on any atom is 0.341 e. The first-order chi connectivity index (χ1) is 15.5. The van der Waals surface area contributed by atoms with Crippen molar-refractivity contribution in [1.82, 2.24) is 9.97 Å². The van der Waals surface area contributed by atoms with Gasteiger partial charge in [-0.05, 0) is 42.8 Å². The first-order valence-corrected chi connectivity index (χ1v) is 9.93. The van der Waals surface area contributed by atoms with Gasteiger partial charge in [0, 0.05) is 23.7 Å². The molecular formula is C24H24N4O4. The number of nitrogen functional groups attached to an aromatic ring is 2. The van der Waals surface area contributed by atoms with E-state index in [1.165, 1.54) is 0 Å². The number of nitrogens with two attached hydrogens (primary N) is 2. The molecule has 1 heterocycles. The molecule has 0 saturated carbocycles. The number of nitrogens with zero attached hydrogens (tertiary/aromatic N) is 2. The Bertz CT molecular complexity index is 1170. The van der Waals surface area contributed by atoms with Crippen molar-refractivity contribution in [3.05, 3.63) is 70.9 Å². The van der Waals surface area contributed by atoms with E-state index in [4.69, 9.17) is 25.7 Å². The van der Waals surface area contributed by atoms with Gasteiger partial charge in [-0.15, -0.1) is 0 Å². The molecule has 164 valence electrons. The molecule has 3 rings (SSSR count). The molecule has 2 aromatic carbocycles. The highest BCUT2D eigenvalue weighted by atomic mass is 16.5. The van der Waals surface area contributed by atoms with Crippen LogP contribution in [0, 0.1) is 11.8 Å². The Hall–Kier alpha value is -4.25. The van der Waals surface area contributed by atoms with Crippen molar-refractivity contribution in [1.29, 1.82) is 0 Å². The lowest BCUT2D eigenvalue weighted by Gasteiger charge is -2.10. The summed E-state index contributed by atoms with van der Waals surface area (Å²) < 4.78 is 16.2. The Morgan fingerprint density at radius 2 is 1.91 bits per heavy atom. The topological polar surface area (TPSA) is 123 Å². The fourth-order valence-corrected chi connectivity index (χ4v) is 2.99. The Balaban J connectivity index is 1.73. The van der Waals surface area contributed by atoms with Crippen LogP contribution in [-0.4, -0.2) is 36.3 Å². The van der Waals surface area contributed by atoms with Crippen LogP contribution in [0.2, 0.25) is 0 Å². The van der Waals surface area contributed by atoms with Gasteiger partial charge in [0.1, 0.15) is 29.5 Å². The summed E-state index contributed by atoms with van der Waals surface area (Å²) in [7, 11) is 1.60. The van der Waals surface area contributed by atoms with E-state index in [-0.39, 0.29) is 12.6 Å². The molecule has 0 fully saturated rings. The predicted octanol–water partition coefficient (Wildman–Crippen LogP) is 2.85. The number of hydrogen-bond acceptors (Lipinski definition) is 8. The van der Waals surface area contributed by atoms with Gasteiger partial charge in [-0.2, -0.15) is 4.98 Å². The van der Waals surface area contributed by atoms with Gasteiger partial charge < -0.3 is 25.7 Å². The third-order valence-corrected chi connectivity index (χ3v) is 4.49. The molecule has 32 heavy (non-hydrogen) atoms. The molecular weight excluding hydrogens is 408 g/mol. The molecule has 3 aromatic rings. The van der Waals surface area contributed by atoms with Crippen LogP contribution < -0.4 is 20.9 Å². The summed E-state index contributed by atoms with van der Waals surface area (Å²) in [5.74, 6) is 7.17. The van der Waals surface area contributed by atoms with Crippen molar-refractivity contribution in [2.24, 2.45) is 0 Å². The monoisotopic (exact) mass is 432 g/mol. The van der Waals surface area contributed by atoms with Gasteiger partial charge >= 0.3 is 5.97 Å². The standard InChI is InChI=1S/C24H24N4O4/c1-3-31-23(29)19-8-4-5-9-21(19)32-12-6-7-16-10-11-20(30-2)17(13-16)14-18-15-27-24(26)28-22(18)25/h4-5,8-11,13,15H,3,12,14H2,1-2H3,(H4,25,26,27,28). The number of carbonyl (C=O) groups is 1. The number of carbonyl (C=O) groups excluding carboxylic acids is 1. The zero-order valence-corrected chi connectivity index (χ0v) is 17.9. The molecule has 0 saturated heterocycles. The van der Waals surface area contributed by atoms with E-state index in [2.05, 4.69) is 21.8 Å². The third kappa shape index (κ3) is 5.67. The fraction of sp³-hybridized carbons (Fsp3) is 0.208. The number of anilines is 2. The van der Waals surface area contributed by atoms with Crippen LogP contribution in [-0.2, 0) is 11.2 Å². The Labute approximate surface area is 186 Å². The van der Waals surface area contributed by atoms with Crippen LogP contribution in [0.1, 0.15) is 34.0 Å². The van der Waals surface area contributed by atoms with E-state index in [1.807, 2.05) is 18.2 Å². The Kier molecular flexibility index (Phi) is 7.49. The number of para-hydroxylation sites is 1. The molecule has 0 aliphatic rings. The second-order valence-electron chi connectivity index (χ2n) is 6.65. The van der Waals surface area contributed by atoms with Gasteiger partial charge in [0.25, 0.3) is 0 Å². The van der Waals surface area contributed by atoms with Crippen LogP contribution in [0.25, 0.3) is 0 Å². The van der Waals surface area contributed by atoms with Crippen molar-refractivity contribution in [2.45, 2.75) is 13.3 Å². The number of esters is 1. The number of hydrogen-bond donors (Lipinski definition) is 2. The molecule has 0 spiro atoms. The normalized spacial score (nSPS) is 10.1. The van der Waals surface area contributed by atoms with Gasteiger partial charge in [0.2, 0.25) is 5.95 Å². The second kappa shape index (κ2) is 10.7. The minimum Gasteiger partial charge on any atom is -0.496 e. The molecule has 1 aromatic heterocycles. The van der Waals surface area contributed by atoms with E-state index >= 15 is 0 Å². The molecule has 8 heteroatoms. The largest absolute Gasteiger partial charge is 0.496 e. The van der Waals surface area contributed by atoms with Crippen LogP contribution in [0.4, 0.5) is 11.8 Å². The number of methoxy groups -OCH3 is 1. The van der Waals surface area contributed by atoms with E-state index in [0.29, 0.717) is 35.9 Å². The van der Waals surface area contributed by atoms with Gasteiger partial charge in [0.15, 0.2) is 0 Å². The van der Waals surface area contributed by atoms with E-state index < -0.39 is 5.97 Å². The van der Waals surface area contributed by atoms with Crippen molar-refractivity contribution in [2.75, 3.05) is 31.8 Å². The number of ether oxygens (including phenoxy) is 3. The molecule has 0 amide bonds. The number of rotatable bonds is 7. The molecule has 0 unspecified atom stereocenters. The summed E-state index contributed by atoms with van der Waals surface area (Å²) in [4.78, 5) is 20.0. The molecule has 0 atom stereocenters. The fourth-order valence-electron chi connectivity index (χ4n) is 2.99.